The van der Waals surface area contributed by atoms with E-state index in [1.54, 1.807) is 19.1 Å². The van der Waals surface area contributed by atoms with Gasteiger partial charge in [0, 0.05) is 11.9 Å². The molecule has 0 bridgehead atoms. The topological polar surface area (TPSA) is 102 Å². The predicted molar refractivity (Wildman–Crippen MR) is 109 cm³/mol. The number of anilines is 1. The molecule has 1 N–H and O–H groups in total. The fourth-order valence-electron chi connectivity index (χ4n) is 2.79. The molecule has 4 amide bonds. The Balaban J connectivity index is 2.00. The minimum atomic E-state index is -0.871. The number of hydrogen-bond donors (Lipinski definition) is 1. The van der Waals surface area contributed by atoms with Crippen molar-refractivity contribution in [1.82, 2.24) is 5.32 Å². The van der Waals surface area contributed by atoms with Gasteiger partial charge in [-0.15, -0.1) is 0 Å². The van der Waals surface area contributed by atoms with Crippen LogP contribution in [0.3, 0.4) is 0 Å². The molecule has 0 saturated carbocycles. The zero-order valence-corrected chi connectivity index (χ0v) is 17.1. The molecule has 30 heavy (non-hydrogen) atoms. The van der Waals surface area contributed by atoms with Crippen LogP contribution in [-0.4, -0.2) is 30.9 Å². The summed E-state index contributed by atoms with van der Waals surface area (Å²) >= 11 is 6.11. The molecular weight excluding hydrogens is 412 g/mol. The van der Waals surface area contributed by atoms with Crippen LogP contribution in [0.25, 0.3) is 6.08 Å². The summed E-state index contributed by atoms with van der Waals surface area (Å²) in [5.74, 6) is -1.72. The molecule has 0 aromatic heterocycles. The number of benzene rings is 2. The van der Waals surface area contributed by atoms with E-state index < -0.39 is 23.8 Å². The number of nitrogens with one attached hydrogen (secondary N) is 1. The third-order valence-corrected chi connectivity index (χ3v) is 4.67. The van der Waals surface area contributed by atoms with Gasteiger partial charge >= 0.3 is 12.0 Å². The van der Waals surface area contributed by atoms with Crippen molar-refractivity contribution in [3.8, 4) is 11.5 Å². The van der Waals surface area contributed by atoms with Crippen LogP contribution in [0, 0.1) is 6.92 Å². The van der Waals surface area contributed by atoms with Gasteiger partial charge in [0.15, 0.2) is 11.5 Å². The Morgan fingerprint density at radius 3 is 2.47 bits per heavy atom. The van der Waals surface area contributed by atoms with E-state index in [1.807, 2.05) is 0 Å². The van der Waals surface area contributed by atoms with Crippen molar-refractivity contribution in [1.29, 1.82) is 0 Å². The first-order chi connectivity index (χ1) is 14.2. The number of amides is 4. The predicted octanol–water partition coefficient (Wildman–Crippen LogP) is 3.25. The highest BCUT2D eigenvalue weighted by Crippen LogP contribution is 2.30. The normalized spacial score (nSPS) is 15.3. The minimum absolute atomic E-state index is 0.192. The molecule has 0 spiro atoms. The third kappa shape index (κ3) is 4.18. The summed E-state index contributed by atoms with van der Waals surface area (Å²) in [5, 5.41) is 2.52. The minimum Gasteiger partial charge on any atom is -0.493 e. The second-order valence-corrected chi connectivity index (χ2v) is 6.80. The Bertz CT molecular complexity index is 1110. The third-order valence-electron chi connectivity index (χ3n) is 4.27. The first kappa shape index (κ1) is 21.1. The maximum Gasteiger partial charge on any atom is 0.335 e. The van der Waals surface area contributed by atoms with E-state index in [0.717, 1.165) is 10.5 Å². The van der Waals surface area contributed by atoms with E-state index in [4.69, 9.17) is 21.1 Å². The number of hydrogen-bond acceptors (Lipinski definition) is 6. The summed E-state index contributed by atoms with van der Waals surface area (Å²) in [6.45, 7) is 3.04. The number of carbonyl (C=O) groups is 4. The number of rotatable bonds is 4. The van der Waals surface area contributed by atoms with Crippen molar-refractivity contribution in [2.24, 2.45) is 0 Å². The summed E-state index contributed by atoms with van der Waals surface area (Å²) in [7, 11) is 1.39. The second-order valence-electron chi connectivity index (χ2n) is 6.40. The van der Waals surface area contributed by atoms with Crippen molar-refractivity contribution < 1.29 is 28.7 Å². The Hall–Kier alpha value is -3.65. The fourth-order valence-corrected chi connectivity index (χ4v) is 2.97. The van der Waals surface area contributed by atoms with E-state index in [-0.39, 0.29) is 22.8 Å². The quantitative estimate of drug-likeness (QED) is 0.347. The number of aryl methyl sites for hydroxylation is 1. The molecule has 1 saturated heterocycles. The molecule has 0 unspecified atom stereocenters. The molecule has 0 radical (unpaired) electrons. The average Bonchev–Trinajstić information content (AvgIpc) is 2.68. The van der Waals surface area contributed by atoms with E-state index >= 15 is 0 Å². The van der Waals surface area contributed by atoms with Gasteiger partial charge in [-0.25, -0.2) is 9.69 Å². The molecule has 154 valence electrons. The van der Waals surface area contributed by atoms with Crippen LogP contribution in [0.5, 0.6) is 11.5 Å². The molecule has 1 aliphatic heterocycles. The largest absolute Gasteiger partial charge is 0.493 e. The first-order valence-corrected chi connectivity index (χ1v) is 9.13. The molecule has 0 atom stereocenters. The number of barbiturate groups is 1. The second kappa shape index (κ2) is 8.38. The zero-order chi connectivity index (χ0) is 22.0. The van der Waals surface area contributed by atoms with Crippen molar-refractivity contribution in [2.45, 2.75) is 13.8 Å². The Labute approximate surface area is 177 Å². The Kier molecular flexibility index (Phi) is 5.89. The lowest BCUT2D eigenvalue weighted by molar-refractivity contribution is -0.132. The van der Waals surface area contributed by atoms with Gasteiger partial charge in [0.25, 0.3) is 11.8 Å². The van der Waals surface area contributed by atoms with Gasteiger partial charge in [-0.2, -0.15) is 0 Å². The van der Waals surface area contributed by atoms with E-state index in [9.17, 15) is 19.2 Å². The molecule has 9 heteroatoms. The van der Waals surface area contributed by atoms with Crippen LogP contribution in [-0.2, 0) is 14.4 Å². The fraction of sp³-hybridized carbons (Fsp3) is 0.143. The van der Waals surface area contributed by atoms with Gasteiger partial charge in [0.05, 0.1) is 12.8 Å². The highest BCUT2D eigenvalue weighted by molar-refractivity contribution is 6.39. The van der Waals surface area contributed by atoms with Crippen molar-refractivity contribution in [2.75, 3.05) is 12.0 Å². The molecule has 1 heterocycles. The van der Waals surface area contributed by atoms with Gasteiger partial charge in [0.2, 0.25) is 0 Å². The number of ether oxygens (including phenoxy) is 2. The monoisotopic (exact) mass is 428 g/mol. The van der Waals surface area contributed by atoms with Crippen LogP contribution in [0.4, 0.5) is 10.5 Å². The molecule has 2 aromatic carbocycles. The number of halogens is 1. The highest BCUT2D eigenvalue weighted by Gasteiger charge is 2.37. The van der Waals surface area contributed by atoms with Crippen LogP contribution in [0.1, 0.15) is 18.1 Å². The number of urea groups is 1. The smallest absolute Gasteiger partial charge is 0.335 e. The maximum atomic E-state index is 12.9. The molecule has 1 aliphatic rings. The molecule has 3 rings (SSSR count). The summed E-state index contributed by atoms with van der Waals surface area (Å²) in [4.78, 5) is 49.6. The molecule has 8 nitrogen and oxygen atoms in total. The summed E-state index contributed by atoms with van der Waals surface area (Å²) in [6.07, 6.45) is 1.31. The summed E-state index contributed by atoms with van der Waals surface area (Å²) in [5.41, 5.74) is 1.18. The zero-order valence-electron chi connectivity index (χ0n) is 16.3. The molecule has 2 aromatic rings. The molecule has 0 aliphatic carbocycles. The highest BCUT2D eigenvalue weighted by atomic mass is 35.5. The summed E-state index contributed by atoms with van der Waals surface area (Å²) in [6, 6.07) is 8.33. The maximum absolute atomic E-state index is 12.9. The number of carbonyl (C=O) groups excluding carboxylic acids is 4. The number of esters is 1. The summed E-state index contributed by atoms with van der Waals surface area (Å²) < 4.78 is 10.2. The van der Waals surface area contributed by atoms with E-state index in [0.29, 0.717) is 10.6 Å². The van der Waals surface area contributed by atoms with Gasteiger partial charge in [-0.05, 0) is 48.4 Å². The van der Waals surface area contributed by atoms with Crippen molar-refractivity contribution in [3.05, 3.63) is 58.1 Å². The number of imide groups is 2. The van der Waals surface area contributed by atoms with E-state index in [1.165, 1.54) is 44.4 Å². The number of methoxy groups -OCH3 is 1. The van der Waals surface area contributed by atoms with Crippen molar-refractivity contribution in [3.63, 3.8) is 0 Å². The lowest BCUT2D eigenvalue weighted by atomic mass is 10.1. The van der Waals surface area contributed by atoms with Gasteiger partial charge in [-0.1, -0.05) is 23.7 Å². The Morgan fingerprint density at radius 2 is 1.83 bits per heavy atom. The average molecular weight is 429 g/mol. The SMILES string of the molecule is COc1cc(/C=C2/C(=O)NC(=O)N(c3ccc(C)c(Cl)c3)C2=O)ccc1OC(C)=O. The number of nitrogens with zero attached hydrogens (tertiary/aromatic N) is 1. The lowest BCUT2D eigenvalue weighted by Crippen LogP contribution is -2.54. The van der Waals surface area contributed by atoms with Gasteiger partial charge in [-0.3, -0.25) is 19.7 Å². The standard InChI is InChI=1S/C21H17ClN2O6/c1-11-4-6-14(10-16(11)22)24-20(27)15(19(26)23-21(24)28)8-13-5-7-17(30-12(2)25)18(9-13)29-3/h4-10H,1-3H3,(H,23,26,28)/b15-8-. The molecular formula is C21H17ClN2O6. The lowest BCUT2D eigenvalue weighted by Gasteiger charge is -2.26. The van der Waals surface area contributed by atoms with Crippen LogP contribution >= 0.6 is 11.6 Å². The molecule has 1 fully saturated rings. The van der Waals surface area contributed by atoms with Gasteiger partial charge < -0.3 is 9.47 Å². The Morgan fingerprint density at radius 1 is 1.10 bits per heavy atom. The van der Waals surface area contributed by atoms with Crippen molar-refractivity contribution >= 4 is 47.2 Å². The van der Waals surface area contributed by atoms with Crippen LogP contribution < -0.4 is 19.7 Å². The van der Waals surface area contributed by atoms with Gasteiger partial charge in [0.1, 0.15) is 5.57 Å². The first-order valence-electron chi connectivity index (χ1n) is 8.75. The van der Waals surface area contributed by atoms with Crippen LogP contribution in [0.15, 0.2) is 42.0 Å². The van der Waals surface area contributed by atoms with E-state index in [2.05, 4.69) is 5.32 Å². The van der Waals surface area contributed by atoms with Crippen LogP contribution in [0.2, 0.25) is 5.02 Å².